The average molecular weight is 343 g/mol. The normalized spacial score (nSPS) is 27.7. The Morgan fingerprint density at radius 1 is 0.957 bits per heavy atom. The lowest BCUT2D eigenvalue weighted by atomic mass is 10.0. The van der Waals surface area contributed by atoms with E-state index in [-0.39, 0.29) is 11.3 Å². The molecule has 0 aromatic rings. The molecule has 1 aliphatic carbocycles. The molecule has 3 fully saturated rings. The minimum atomic E-state index is -3.37. The van der Waals surface area contributed by atoms with Crippen molar-refractivity contribution in [3.63, 3.8) is 0 Å². The Hall–Kier alpha value is -0.660. The van der Waals surface area contributed by atoms with E-state index in [0.29, 0.717) is 45.2 Å². The number of amides is 1. The molecule has 0 bridgehead atoms. The fourth-order valence-corrected chi connectivity index (χ4v) is 5.16. The van der Waals surface area contributed by atoms with Crippen LogP contribution < -0.4 is 0 Å². The van der Waals surface area contributed by atoms with Crippen molar-refractivity contribution in [1.82, 2.24) is 13.5 Å². The van der Waals surface area contributed by atoms with Gasteiger partial charge in [0.05, 0.1) is 0 Å². The summed E-state index contributed by atoms with van der Waals surface area (Å²) in [6.45, 7) is 7.60. The molecule has 3 aliphatic rings. The SMILES string of the molecule is CC1CCN(S(=O)(=O)N2CCCN(C(=O)C3(C)CC3)CC2)CC1. The minimum absolute atomic E-state index is 0.170. The molecule has 0 spiro atoms. The van der Waals surface area contributed by atoms with Crippen molar-refractivity contribution in [2.45, 2.75) is 46.0 Å². The molecule has 0 atom stereocenters. The Bertz CT molecular complexity index is 551. The molecule has 2 saturated heterocycles. The van der Waals surface area contributed by atoms with E-state index in [1.54, 1.807) is 8.61 Å². The third-order valence-electron chi connectivity index (χ3n) is 5.65. The van der Waals surface area contributed by atoms with E-state index in [2.05, 4.69) is 6.92 Å². The van der Waals surface area contributed by atoms with Gasteiger partial charge in [0, 0.05) is 44.7 Å². The van der Waals surface area contributed by atoms with Gasteiger partial charge < -0.3 is 4.90 Å². The van der Waals surface area contributed by atoms with Crippen LogP contribution in [0.5, 0.6) is 0 Å². The first-order valence-corrected chi connectivity index (χ1v) is 10.3. The molecule has 0 aromatic heterocycles. The first-order chi connectivity index (χ1) is 10.8. The van der Waals surface area contributed by atoms with Gasteiger partial charge in [-0.25, -0.2) is 0 Å². The van der Waals surface area contributed by atoms with E-state index in [1.807, 2.05) is 11.8 Å². The van der Waals surface area contributed by atoms with Gasteiger partial charge in [0.2, 0.25) is 5.91 Å². The maximum absolute atomic E-state index is 12.8. The molecule has 132 valence electrons. The lowest BCUT2D eigenvalue weighted by Gasteiger charge is -2.33. The summed E-state index contributed by atoms with van der Waals surface area (Å²) >= 11 is 0. The highest BCUT2D eigenvalue weighted by atomic mass is 32.2. The molecule has 1 amide bonds. The van der Waals surface area contributed by atoms with Crippen LogP contribution in [0.15, 0.2) is 0 Å². The molecular formula is C16H29N3O3S. The second kappa shape index (κ2) is 6.33. The predicted octanol–water partition coefficient (Wildman–Crippen LogP) is 1.30. The Labute approximate surface area is 140 Å². The smallest absolute Gasteiger partial charge is 0.282 e. The van der Waals surface area contributed by atoms with Gasteiger partial charge in [0.1, 0.15) is 0 Å². The average Bonchev–Trinajstić information content (AvgIpc) is 3.30. The Balaban J connectivity index is 1.62. The highest BCUT2D eigenvalue weighted by Gasteiger charge is 2.47. The number of hydrogen-bond donors (Lipinski definition) is 0. The van der Waals surface area contributed by atoms with Gasteiger partial charge in [-0.1, -0.05) is 13.8 Å². The van der Waals surface area contributed by atoms with Crippen LogP contribution in [0, 0.1) is 11.3 Å². The quantitative estimate of drug-likeness (QED) is 0.776. The van der Waals surface area contributed by atoms with Crippen LogP contribution in [0.3, 0.4) is 0 Å². The summed E-state index contributed by atoms with van der Waals surface area (Å²) in [6.07, 6.45) is 4.55. The maximum atomic E-state index is 12.8. The van der Waals surface area contributed by atoms with Crippen molar-refractivity contribution in [3.8, 4) is 0 Å². The molecule has 3 rings (SSSR count). The number of hydrogen-bond acceptors (Lipinski definition) is 3. The lowest BCUT2D eigenvalue weighted by Crippen LogP contribution is -2.48. The zero-order valence-electron chi connectivity index (χ0n) is 14.3. The second-order valence-electron chi connectivity index (χ2n) is 7.69. The van der Waals surface area contributed by atoms with Crippen LogP contribution >= 0.6 is 0 Å². The Morgan fingerprint density at radius 2 is 1.57 bits per heavy atom. The highest BCUT2D eigenvalue weighted by molar-refractivity contribution is 7.86. The minimum Gasteiger partial charge on any atom is -0.341 e. The summed E-state index contributed by atoms with van der Waals surface area (Å²) in [7, 11) is -3.37. The highest BCUT2D eigenvalue weighted by Crippen LogP contribution is 2.46. The maximum Gasteiger partial charge on any atom is 0.282 e. The van der Waals surface area contributed by atoms with E-state index < -0.39 is 10.2 Å². The van der Waals surface area contributed by atoms with Gasteiger partial charge in [-0.05, 0) is 38.0 Å². The van der Waals surface area contributed by atoms with Crippen LogP contribution in [0.2, 0.25) is 0 Å². The fraction of sp³-hybridized carbons (Fsp3) is 0.938. The molecule has 2 aliphatic heterocycles. The predicted molar refractivity (Wildman–Crippen MR) is 89.0 cm³/mol. The number of piperidine rings is 1. The van der Waals surface area contributed by atoms with E-state index >= 15 is 0 Å². The Morgan fingerprint density at radius 3 is 2.17 bits per heavy atom. The van der Waals surface area contributed by atoms with Crippen molar-refractivity contribution in [2.24, 2.45) is 11.3 Å². The molecule has 1 saturated carbocycles. The van der Waals surface area contributed by atoms with Crippen molar-refractivity contribution in [2.75, 3.05) is 39.3 Å². The van der Waals surface area contributed by atoms with Crippen LogP contribution in [-0.4, -0.2) is 67.1 Å². The van der Waals surface area contributed by atoms with Crippen LogP contribution in [-0.2, 0) is 15.0 Å². The summed E-state index contributed by atoms with van der Waals surface area (Å²) in [4.78, 5) is 14.4. The van der Waals surface area contributed by atoms with Gasteiger partial charge >= 0.3 is 0 Å². The molecule has 0 aromatic carbocycles. The molecular weight excluding hydrogens is 314 g/mol. The van der Waals surface area contributed by atoms with Crippen LogP contribution in [0.4, 0.5) is 0 Å². The summed E-state index contributed by atoms with van der Waals surface area (Å²) in [5.74, 6) is 0.821. The molecule has 0 radical (unpaired) electrons. The van der Waals surface area contributed by atoms with E-state index in [4.69, 9.17) is 0 Å². The largest absolute Gasteiger partial charge is 0.341 e. The Kier molecular flexibility index (Phi) is 4.73. The van der Waals surface area contributed by atoms with Crippen molar-refractivity contribution < 1.29 is 13.2 Å². The van der Waals surface area contributed by atoms with Crippen molar-refractivity contribution in [1.29, 1.82) is 0 Å². The molecule has 0 unspecified atom stereocenters. The summed E-state index contributed by atoms with van der Waals surface area (Å²) in [5, 5.41) is 0. The first kappa shape index (κ1) is 17.2. The number of nitrogens with zero attached hydrogens (tertiary/aromatic N) is 3. The van der Waals surface area contributed by atoms with Crippen molar-refractivity contribution in [3.05, 3.63) is 0 Å². The molecule has 23 heavy (non-hydrogen) atoms. The topological polar surface area (TPSA) is 60.9 Å². The first-order valence-electron chi connectivity index (χ1n) is 8.87. The van der Waals surface area contributed by atoms with Gasteiger partial charge in [-0.15, -0.1) is 0 Å². The number of carbonyl (C=O) groups is 1. The van der Waals surface area contributed by atoms with E-state index in [1.165, 1.54) is 0 Å². The lowest BCUT2D eigenvalue weighted by molar-refractivity contribution is -0.136. The summed E-state index contributed by atoms with van der Waals surface area (Å²) in [6, 6.07) is 0. The summed E-state index contributed by atoms with van der Waals surface area (Å²) < 4.78 is 28.9. The standard InChI is InChI=1S/C16H29N3O3S/c1-14-4-10-19(11-5-14)23(21,22)18-9-3-8-17(12-13-18)15(20)16(2)6-7-16/h14H,3-13H2,1-2H3. The molecule has 0 N–H and O–H groups in total. The second-order valence-corrected chi connectivity index (χ2v) is 9.62. The number of rotatable bonds is 3. The fourth-order valence-electron chi connectivity index (χ4n) is 3.49. The van der Waals surface area contributed by atoms with Gasteiger partial charge in [-0.2, -0.15) is 17.0 Å². The van der Waals surface area contributed by atoms with Gasteiger partial charge in [-0.3, -0.25) is 4.79 Å². The van der Waals surface area contributed by atoms with E-state index in [9.17, 15) is 13.2 Å². The summed E-state index contributed by atoms with van der Waals surface area (Å²) in [5.41, 5.74) is -0.170. The molecule has 2 heterocycles. The van der Waals surface area contributed by atoms with Gasteiger partial charge in [0.25, 0.3) is 10.2 Å². The van der Waals surface area contributed by atoms with Gasteiger partial charge in [0.15, 0.2) is 0 Å². The molecule has 6 nitrogen and oxygen atoms in total. The third-order valence-corrected chi connectivity index (χ3v) is 7.69. The zero-order chi connectivity index (χ0) is 16.7. The van der Waals surface area contributed by atoms with E-state index in [0.717, 1.165) is 32.1 Å². The van der Waals surface area contributed by atoms with Crippen molar-refractivity contribution >= 4 is 16.1 Å². The third kappa shape index (κ3) is 3.56. The van der Waals surface area contributed by atoms with Crippen LogP contribution in [0.1, 0.15) is 46.0 Å². The zero-order valence-corrected chi connectivity index (χ0v) is 15.1. The molecule has 7 heteroatoms. The van der Waals surface area contributed by atoms with Crippen LogP contribution in [0.25, 0.3) is 0 Å². The monoisotopic (exact) mass is 343 g/mol. The number of carbonyl (C=O) groups excluding carboxylic acids is 1.